The molecule has 0 bridgehead atoms. The second-order valence-electron chi connectivity index (χ2n) is 9.31. The second kappa shape index (κ2) is 11.5. The molecule has 10 heteroatoms. The van der Waals surface area contributed by atoms with Crippen molar-refractivity contribution in [2.75, 3.05) is 28.6 Å². The molecule has 38 heavy (non-hydrogen) atoms. The monoisotopic (exact) mass is 526 g/mol. The summed E-state index contributed by atoms with van der Waals surface area (Å²) in [6, 6.07) is 19.5. The largest absolute Gasteiger partial charge is 0.573 e. The molecule has 1 heterocycles. The molecule has 1 aliphatic heterocycles. The van der Waals surface area contributed by atoms with E-state index < -0.39 is 12.4 Å². The Labute approximate surface area is 219 Å². The number of amides is 4. The van der Waals surface area contributed by atoms with Crippen LogP contribution >= 0.6 is 0 Å². The van der Waals surface area contributed by atoms with Crippen molar-refractivity contribution in [1.82, 2.24) is 4.90 Å². The third-order valence-corrected chi connectivity index (χ3v) is 6.07. The van der Waals surface area contributed by atoms with Crippen LogP contribution in [0.5, 0.6) is 5.75 Å². The lowest BCUT2D eigenvalue weighted by atomic mass is 10.0. The molecule has 3 aromatic rings. The van der Waals surface area contributed by atoms with Gasteiger partial charge in [-0.15, -0.1) is 13.2 Å². The van der Waals surface area contributed by atoms with E-state index in [0.29, 0.717) is 48.1 Å². The van der Waals surface area contributed by atoms with Crippen LogP contribution in [0.3, 0.4) is 0 Å². The minimum absolute atomic E-state index is 0.139. The van der Waals surface area contributed by atoms with Gasteiger partial charge in [-0.3, -0.25) is 4.90 Å². The fourth-order valence-corrected chi connectivity index (χ4v) is 4.23. The number of carbonyl (C=O) groups is 2. The number of hydrogen-bond acceptors (Lipinski definition) is 3. The highest BCUT2D eigenvalue weighted by Crippen LogP contribution is 2.27. The number of nitrogens with zero attached hydrogens (tertiary/aromatic N) is 2. The first-order valence-electron chi connectivity index (χ1n) is 12.3. The smallest absolute Gasteiger partial charge is 0.406 e. The van der Waals surface area contributed by atoms with Crippen LogP contribution in [0.4, 0.5) is 39.8 Å². The first-order valence-corrected chi connectivity index (χ1v) is 12.3. The van der Waals surface area contributed by atoms with E-state index in [-0.39, 0.29) is 18.3 Å². The maximum Gasteiger partial charge on any atom is 0.573 e. The summed E-state index contributed by atoms with van der Waals surface area (Å²) in [7, 11) is 0. The van der Waals surface area contributed by atoms with Crippen LogP contribution < -0.4 is 20.3 Å². The van der Waals surface area contributed by atoms with Gasteiger partial charge in [0.25, 0.3) is 0 Å². The van der Waals surface area contributed by atoms with Gasteiger partial charge < -0.3 is 20.3 Å². The van der Waals surface area contributed by atoms with E-state index in [2.05, 4.69) is 29.2 Å². The van der Waals surface area contributed by atoms with Crippen LogP contribution in [0.1, 0.15) is 37.3 Å². The molecule has 200 valence electrons. The van der Waals surface area contributed by atoms with Crippen LogP contribution in [0.2, 0.25) is 0 Å². The maximum atomic E-state index is 13.2. The van der Waals surface area contributed by atoms with E-state index in [0.717, 1.165) is 0 Å². The zero-order valence-corrected chi connectivity index (χ0v) is 21.1. The minimum atomic E-state index is -4.79. The van der Waals surface area contributed by atoms with E-state index in [4.69, 9.17) is 0 Å². The summed E-state index contributed by atoms with van der Waals surface area (Å²) in [6.45, 7) is 5.28. The average molecular weight is 527 g/mol. The SMILES string of the molecule is CC(C)c1ccc(NC(=O)Nc2cccc(N3CCCN(Cc4cccc(OC(F)(F)F)c4)C3=O)c2)cc1. The van der Waals surface area contributed by atoms with Crippen molar-refractivity contribution in [2.45, 2.75) is 39.1 Å². The number of carbonyl (C=O) groups excluding carboxylic acids is 2. The van der Waals surface area contributed by atoms with Gasteiger partial charge in [-0.2, -0.15) is 0 Å². The standard InChI is InChI=1S/C28H29F3N4O3/c1-19(2)21-10-12-22(13-11-21)32-26(36)33-23-7-4-8-24(17-23)35-15-5-14-34(27(35)37)18-20-6-3-9-25(16-20)38-28(29,30)31/h3-4,6-13,16-17,19H,5,14-15,18H2,1-2H3,(H2,32,33,36). The first kappa shape index (κ1) is 26.8. The van der Waals surface area contributed by atoms with Gasteiger partial charge in [0.2, 0.25) is 0 Å². The van der Waals surface area contributed by atoms with E-state index in [1.807, 2.05) is 24.3 Å². The normalized spacial score (nSPS) is 14.0. The van der Waals surface area contributed by atoms with Crippen LogP contribution in [0.15, 0.2) is 72.8 Å². The molecule has 1 fully saturated rings. The lowest BCUT2D eigenvalue weighted by Crippen LogP contribution is -2.49. The fraction of sp³-hybridized carbons (Fsp3) is 0.286. The quantitative estimate of drug-likeness (QED) is 0.342. The lowest BCUT2D eigenvalue weighted by molar-refractivity contribution is -0.274. The molecule has 2 N–H and O–H groups in total. The molecule has 1 saturated heterocycles. The molecule has 0 aliphatic carbocycles. The summed E-state index contributed by atoms with van der Waals surface area (Å²) < 4.78 is 41.7. The topological polar surface area (TPSA) is 73.9 Å². The number of halogens is 3. The number of alkyl halides is 3. The summed E-state index contributed by atoms with van der Waals surface area (Å²) in [5.74, 6) is 0.0619. The van der Waals surface area contributed by atoms with Crippen molar-refractivity contribution in [3.63, 3.8) is 0 Å². The van der Waals surface area contributed by atoms with Gasteiger partial charge in [0.15, 0.2) is 0 Å². The van der Waals surface area contributed by atoms with Gasteiger partial charge in [0.05, 0.1) is 0 Å². The summed E-state index contributed by atoms with van der Waals surface area (Å²) in [6.07, 6.45) is -4.11. The molecule has 1 aliphatic rings. The molecule has 7 nitrogen and oxygen atoms in total. The van der Waals surface area contributed by atoms with Gasteiger partial charge in [-0.05, 0) is 65.9 Å². The van der Waals surface area contributed by atoms with Crippen LogP contribution in [-0.2, 0) is 6.54 Å². The predicted molar refractivity (Wildman–Crippen MR) is 141 cm³/mol. The van der Waals surface area contributed by atoms with Crippen LogP contribution in [0.25, 0.3) is 0 Å². The molecule has 4 rings (SSSR count). The molecular weight excluding hydrogens is 497 g/mol. The first-order chi connectivity index (χ1) is 18.1. The number of urea groups is 2. The number of benzene rings is 3. The Balaban J connectivity index is 1.40. The summed E-state index contributed by atoms with van der Waals surface area (Å²) in [5.41, 5.74) is 3.48. The number of anilines is 3. The Morgan fingerprint density at radius 2 is 1.66 bits per heavy atom. The van der Waals surface area contributed by atoms with Crippen molar-refractivity contribution < 1.29 is 27.5 Å². The second-order valence-corrected chi connectivity index (χ2v) is 9.31. The Morgan fingerprint density at radius 1 is 0.947 bits per heavy atom. The van der Waals surface area contributed by atoms with Gasteiger partial charge in [0.1, 0.15) is 5.75 Å². The zero-order chi connectivity index (χ0) is 27.3. The maximum absolute atomic E-state index is 13.2. The van der Waals surface area contributed by atoms with Crippen molar-refractivity contribution in [1.29, 1.82) is 0 Å². The van der Waals surface area contributed by atoms with Gasteiger partial charge in [-0.1, -0.05) is 44.2 Å². The molecule has 3 aromatic carbocycles. The highest BCUT2D eigenvalue weighted by atomic mass is 19.4. The van der Waals surface area contributed by atoms with Crippen molar-refractivity contribution in [2.24, 2.45) is 0 Å². The molecule has 4 amide bonds. The molecule has 0 saturated carbocycles. The minimum Gasteiger partial charge on any atom is -0.406 e. The number of nitrogens with one attached hydrogen (secondary N) is 2. The highest BCUT2D eigenvalue weighted by molar-refractivity contribution is 6.00. The molecule has 0 spiro atoms. The van der Waals surface area contributed by atoms with E-state index >= 15 is 0 Å². The lowest BCUT2D eigenvalue weighted by Gasteiger charge is -2.36. The molecule has 0 atom stereocenters. The molecule has 0 radical (unpaired) electrons. The summed E-state index contributed by atoms with van der Waals surface area (Å²) >= 11 is 0. The third kappa shape index (κ3) is 7.18. The predicted octanol–water partition coefficient (Wildman–Crippen LogP) is 7.18. The molecule has 0 unspecified atom stereocenters. The van der Waals surface area contributed by atoms with Crippen LogP contribution in [0, 0.1) is 0 Å². The molecular formula is C28H29F3N4O3. The van der Waals surface area contributed by atoms with Crippen molar-refractivity contribution in [3.05, 3.63) is 83.9 Å². The van der Waals surface area contributed by atoms with E-state index in [1.165, 1.54) is 23.8 Å². The van der Waals surface area contributed by atoms with Crippen LogP contribution in [-0.4, -0.2) is 36.4 Å². The molecule has 0 aromatic heterocycles. The van der Waals surface area contributed by atoms with Crippen molar-refractivity contribution in [3.8, 4) is 5.75 Å². The number of ether oxygens (including phenoxy) is 1. The van der Waals surface area contributed by atoms with Gasteiger partial charge >= 0.3 is 18.4 Å². The summed E-state index contributed by atoms with van der Waals surface area (Å²) in [4.78, 5) is 28.9. The Kier molecular flexibility index (Phi) is 8.09. The Bertz CT molecular complexity index is 1280. The van der Waals surface area contributed by atoms with Gasteiger partial charge in [-0.25, -0.2) is 9.59 Å². The third-order valence-electron chi connectivity index (χ3n) is 6.07. The van der Waals surface area contributed by atoms with E-state index in [1.54, 1.807) is 40.1 Å². The number of hydrogen-bond donors (Lipinski definition) is 2. The fourth-order valence-electron chi connectivity index (χ4n) is 4.23. The Hall–Kier alpha value is -4.21. The van der Waals surface area contributed by atoms with Gasteiger partial charge in [0, 0.05) is 36.7 Å². The van der Waals surface area contributed by atoms with E-state index in [9.17, 15) is 22.8 Å². The summed E-state index contributed by atoms with van der Waals surface area (Å²) in [5, 5.41) is 5.59. The number of rotatable bonds is 7. The average Bonchev–Trinajstić information content (AvgIpc) is 2.85. The zero-order valence-electron chi connectivity index (χ0n) is 21.1. The highest BCUT2D eigenvalue weighted by Gasteiger charge is 2.31. The van der Waals surface area contributed by atoms with Crippen molar-refractivity contribution >= 4 is 29.1 Å². The Morgan fingerprint density at radius 3 is 2.37 bits per heavy atom.